The zero-order valence-electron chi connectivity index (χ0n) is 13.3. The van der Waals surface area contributed by atoms with Crippen LogP contribution >= 0.6 is 11.6 Å². The molecule has 1 heterocycles. The van der Waals surface area contributed by atoms with Gasteiger partial charge in [-0.05, 0) is 35.9 Å². The second kappa shape index (κ2) is 6.49. The summed E-state index contributed by atoms with van der Waals surface area (Å²) < 4.78 is 41.0. The molecule has 0 spiro atoms. The molecule has 2 aromatic carbocycles. The van der Waals surface area contributed by atoms with E-state index in [2.05, 4.69) is 4.74 Å². The van der Waals surface area contributed by atoms with Crippen LogP contribution in [0.15, 0.2) is 42.5 Å². The van der Waals surface area contributed by atoms with Crippen LogP contribution in [0.5, 0.6) is 5.75 Å². The fraction of sp³-hybridized carbons (Fsp3) is 0.111. The first-order chi connectivity index (χ1) is 12.2. The number of halogens is 4. The highest BCUT2D eigenvalue weighted by Crippen LogP contribution is 2.39. The SMILES string of the molecule is CC(=O)N1C(=O)/C(=C/c2cccc(OC(F)(F)F)c2)c2ccc(Cl)cc21. The average molecular weight is 382 g/mol. The maximum absolute atomic E-state index is 12.6. The number of nitrogens with zero attached hydrogens (tertiary/aromatic N) is 1. The molecular weight excluding hydrogens is 371 g/mol. The highest BCUT2D eigenvalue weighted by atomic mass is 35.5. The van der Waals surface area contributed by atoms with Crippen LogP contribution in [0.4, 0.5) is 18.9 Å². The summed E-state index contributed by atoms with van der Waals surface area (Å²) in [7, 11) is 0. The van der Waals surface area contributed by atoms with Gasteiger partial charge in [-0.1, -0.05) is 29.8 Å². The maximum atomic E-state index is 12.6. The molecule has 0 atom stereocenters. The number of fused-ring (bicyclic) bond motifs is 1. The molecule has 8 heteroatoms. The summed E-state index contributed by atoms with van der Waals surface area (Å²) in [6, 6.07) is 9.84. The van der Waals surface area contributed by atoms with Gasteiger partial charge in [0.15, 0.2) is 0 Å². The second-order valence-corrected chi connectivity index (χ2v) is 5.94. The van der Waals surface area contributed by atoms with Crippen molar-refractivity contribution in [2.24, 2.45) is 0 Å². The van der Waals surface area contributed by atoms with Gasteiger partial charge in [0.2, 0.25) is 5.91 Å². The molecule has 0 unspecified atom stereocenters. The summed E-state index contributed by atoms with van der Waals surface area (Å²) in [5.74, 6) is -1.47. The zero-order chi connectivity index (χ0) is 19.1. The van der Waals surface area contributed by atoms with Crippen LogP contribution in [0.1, 0.15) is 18.1 Å². The van der Waals surface area contributed by atoms with E-state index in [-0.39, 0.29) is 5.57 Å². The quantitative estimate of drug-likeness (QED) is 0.710. The van der Waals surface area contributed by atoms with E-state index in [1.807, 2.05) is 0 Å². The molecule has 0 saturated heterocycles. The molecule has 0 fully saturated rings. The number of carbonyl (C=O) groups excluding carboxylic acids is 2. The van der Waals surface area contributed by atoms with E-state index in [1.54, 1.807) is 12.1 Å². The molecule has 0 aliphatic carbocycles. The van der Waals surface area contributed by atoms with Crippen molar-refractivity contribution in [3.05, 3.63) is 58.6 Å². The predicted octanol–water partition coefficient (Wildman–Crippen LogP) is 4.67. The fourth-order valence-corrected chi connectivity index (χ4v) is 2.85. The highest BCUT2D eigenvalue weighted by Gasteiger charge is 2.35. The molecule has 0 N–H and O–H groups in total. The van der Waals surface area contributed by atoms with Crippen molar-refractivity contribution in [3.8, 4) is 5.75 Å². The topological polar surface area (TPSA) is 46.6 Å². The lowest BCUT2D eigenvalue weighted by molar-refractivity contribution is -0.274. The number of imide groups is 1. The summed E-state index contributed by atoms with van der Waals surface area (Å²) in [4.78, 5) is 25.4. The monoisotopic (exact) mass is 381 g/mol. The van der Waals surface area contributed by atoms with Crippen LogP contribution in [0.3, 0.4) is 0 Å². The largest absolute Gasteiger partial charge is 0.573 e. The number of rotatable bonds is 2. The Morgan fingerprint density at radius 1 is 1.19 bits per heavy atom. The Kier molecular flexibility index (Phi) is 4.50. The first-order valence-electron chi connectivity index (χ1n) is 7.38. The Labute approximate surface area is 151 Å². The number of hydrogen-bond acceptors (Lipinski definition) is 3. The van der Waals surface area contributed by atoms with E-state index >= 15 is 0 Å². The summed E-state index contributed by atoms with van der Waals surface area (Å²) >= 11 is 5.94. The molecule has 2 aromatic rings. The van der Waals surface area contributed by atoms with Crippen molar-refractivity contribution >= 4 is 40.8 Å². The van der Waals surface area contributed by atoms with Crippen molar-refractivity contribution in [2.45, 2.75) is 13.3 Å². The lowest BCUT2D eigenvalue weighted by Gasteiger charge is -2.12. The van der Waals surface area contributed by atoms with E-state index in [1.165, 1.54) is 31.2 Å². The van der Waals surface area contributed by atoms with Crippen LogP contribution in [0.2, 0.25) is 5.02 Å². The van der Waals surface area contributed by atoms with Gasteiger partial charge in [0, 0.05) is 17.5 Å². The van der Waals surface area contributed by atoms with Gasteiger partial charge in [0.1, 0.15) is 5.75 Å². The molecule has 0 saturated carbocycles. The Morgan fingerprint density at radius 3 is 2.58 bits per heavy atom. The lowest BCUT2D eigenvalue weighted by Crippen LogP contribution is -2.31. The number of benzene rings is 2. The summed E-state index contributed by atoms with van der Waals surface area (Å²) in [6.07, 6.45) is -3.41. The standard InChI is InChI=1S/C18H11ClF3NO3/c1-10(24)23-16-9-12(19)5-6-14(16)15(17(23)25)8-11-3-2-4-13(7-11)26-18(20,21)22/h2-9H,1H3/b15-8+. The van der Waals surface area contributed by atoms with Gasteiger partial charge in [-0.3, -0.25) is 9.59 Å². The van der Waals surface area contributed by atoms with E-state index in [4.69, 9.17) is 11.6 Å². The predicted molar refractivity (Wildman–Crippen MR) is 90.6 cm³/mol. The minimum atomic E-state index is -4.82. The van der Waals surface area contributed by atoms with E-state index in [9.17, 15) is 22.8 Å². The molecule has 1 aliphatic rings. The minimum Gasteiger partial charge on any atom is -0.406 e. The van der Waals surface area contributed by atoms with Gasteiger partial charge in [-0.25, -0.2) is 4.90 Å². The molecule has 1 aliphatic heterocycles. The maximum Gasteiger partial charge on any atom is 0.573 e. The minimum absolute atomic E-state index is 0.177. The van der Waals surface area contributed by atoms with E-state index in [0.717, 1.165) is 17.0 Å². The second-order valence-electron chi connectivity index (χ2n) is 5.50. The third kappa shape index (κ3) is 3.57. The summed E-state index contributed by atoms with van der Waals surface area (Å²) in [5, 5.41) is 0.352. The van der Waals surface area contributed by atoms with Crippen LogP contribution in [-0.2, 0) is 9.59 Å². The number of alkyl halides is 3. The Morgan fingerprint density at radius 2 is 1.92 bits per heavy atom. The van der Waals surface area contributed by atoms with Gasteiger partial charge < -0.3 is 4.74 Å². The number of carbonyl (C=O) groups is 2. The number of ether oxygens (including phenoxy) is 1. The van der Waals surface area contributed by atoms with Crippen LogP contribution < -0.4 is 9.64 Å². The van der Waals surface area contributed by atoms with Crippen molar-refractivity contribution < 1.29 is 27.5 Å². The lowest BCUT2D eigenvalue weighted by atomic mass is 10.0. The average Bonchev–Trinajstić information content (AvgIpc) is 2.77. The van der Waals surface area contributed by atoms with Crippen molar-refractivity contribution in [1.82, 2.24) is 0 Å². The van der Waals surface area contributed by atoms with Crippen molar-refractivity contribution in [3.63, 3.8) is 0 Å². The highest BCUT2D eigenvalue weighted by molar-refractivity contribution is 6.42. The molecule has 0 bridgehead atoms. The Hall–Kier alpha value is -2.80. The first kappa shape index (κ1) is 18.0. The summed E-state index contributed by atoms with van der Waals surface area (Å²) in [5.41, 5.74) is 1.30. The van der Waals surface area contributed by atoms with Crippen molar-refractivity contribution in [2.75, 3.05) is 4.90 Å². The number of anilines is 1. The van der Waals surface area contributed by atoms with Crippen LogP contribution in [0.25, 0.3) is 11.6 Å². The van der Waals surface area contributed by atoms with Gasteiger partial charge >= 0.3 is 6.36 Å². The zero-order valence-corrected chi connectivity index (χ0v) is 14.1. The van der Waals surface area contributed by atoms with Gasteiger partial charge in [-0.15, -0.1) is 13.2 Å². The Balaban J connectivity index is 2.06. The number of amides is 2. The fourth-order valence-electron chi connectivity index (χ4n) is 2.68. The van der Waals surface area contributed by atoms with E-state index in [0.29, 0.717) is 21.8 Å². The van der Waals surface area contributed by atoms with Crippen molar-refractivity contribution in [1.29, 1.82) is 0 Å². The van der Waals surface area contributed by atoms with Gasteiger partial charge in [0.05, 0.1) is 11.3 Å². The smallest absolute Gasteiger partial charge is 0.406 e. The summed E-state index contributed by atoms with van der Waals surface area (Å²) in [6.45, 7) is 1.24. The number of hydrogen-bond donors (Lipinski definition) is 0. The molecule has 4 nitrogen and oxygen atoms in total. The Bertz CT molecular complexity index is 938. The molecule has 0 radical (unpaired) electrons. The molecule has 26 heavy (non-hydrogen) atoms. The first-order valence-corrected chi connectivity index (χ1v) is 7.76. The molecule has 3 rings (SSSR count). The molecule has 2 amide bonds. The van der Waals surface area contributed by atoms with Gasteiger partial charge in [0.25, 0.3) is 5.91 Å². The third-order valence-electron chi connectivity index (χ3n) is 3.64. The van der Waals surface area contributed by atoms with Crippen LogP contribution in [-0.4, -0.2) is 18.2 Å². The van der Waals surface area contributed by atoms with Gasteiger partial charge in [-0.2, -0.15) is 0 Å². The molecule has 134 valence electrons. The molecule has 0 aromatic heterocycles. The molecular formula is C18H11ClF3NO3. The third-order valence-corrected chi connectivity index (χ3v) is 3.88. The van der Waals surface area contributed by atoms with E-state index < -0.39 is 23.9 Å². The normalized spacial score (nSPS) is 15.3. The van der Waals surface area contributed by atoms with Crippen LogP contribution in [0, 0.1) is 0 Å².